The van der Waals surface area contributed by atoms with Crippen molar-refractivity contribution in [3.63, 3.8) is 0 Å². The van der Waals surface area contributed by atoms with E-state index in [0.717, 1.165) is 12.4 Å². The van der Waals surface area contributed by atoms with E-state index in [1.165, 1.54) is 0 Å². The van der Waals surface area contributed by atoms with Crippen molar-refractivity contribution in [1.82, 2.24) is 10.6 Å². The maximum Gasteiger partial charge on any atom is 0.276 e. The molecule has 0 saturated heterocycles. The smallest absolute Gasteiger partial charge is 0.276 e. The number of carbonyl (C=O) groups excluding carboxylic acids is 2. The first-order chi connectivity index (χ1) is 7.05. The first-order valence-corrected chi connectivity index (χ1v) is 5.72. The van der Waals surface area contributed by atoms with Crippen LogP contribution in [-0.4, -0.2) is 19.4 Å². The number of hydrogen-bond donors (Lipinski definition) is 2. The summed E-state index contributed by atoms with van der Waals surface area (Å²) in [5.74, 6) is -1.78. The summed E-state index contributed by atoms with van der Waals surface area (Å²) in [6.45, 7) is 0. The molecule has 0 bridgehead atoms. The summed E-state index contributed by atoms with van der Waals surface area (Å²) in [6.07, 6.45) is 2.02. The summed E-state index contributed by atoms with van der Waals surface area (Å²) in [7, 11) is 0. The molecule has 0 heterocycles. The van der Waals surface area contributed by atoms with E-state index in [1.54, 1.807) is 0 Å². The standard InChI is InChI=1S/C6H4Cl6N2O2/c7-5(8,9)3(15)13-1-2-14-4(16)6(10,11)12/h1-2H,(H,13,15)(H,14,16). The van der Waals surface area contributed by atoms with Gasteiger partial charge in [-0.3, -0.25) is 9.59 Å². The Hall–Kier alpha value is 0.420. The Balaban J connectivity index is 4.07. The van der Waals surface area contributed by atoms with Crippen LogP contribution in [0.15, 0.2) is 12.4 Å². The minimum Gasteiger partial charge on any atom is -0.327 e. The summed E-state index contributed by atoms with van der Waals surface area (Å²) in [4.78, 5) is 21.9. The zero-order valence-electron chi connectivity index (χ0n) is 7.24. The molecule has 0 spiro atoms. The highest BCUT2D eigenvalue weighted by Crippen LogP contribution is 2.26. The molecule has 0 aromatic heterocycles. The fourth-order valence-corrected chi connectivity index (χ4v) is 0.726. The van der Waals surface area contributed by atoms with Crippen LogP contribution in [0.3, 0.4) is 0 Å². The third-order valence-electron chi connectivity index (χ3n) is 1.03. The van der Waals surface area contributed by atoms with Gasteiger partial charge >= 0.3 is 0 Å². The van der Waals surface area contributed by atoms with Crippen molar-refractivity contribution in [3.8, 4) is 0 Å². The van der Waals surface area contributed by atoms with E-state index in [2.05, 4.69) is 10.6 Å². The van der Waals surface area contributed by atoms with E-state index in [4.69, 9.17) is 69.6 Å². The lowest BCUT2D eigenvalue weighted by molar-refractivity contribution is -0.120. The normalized spacial score (nSPS) is 12.6. The SMILES string of the molecule is O=C(NC=CNC(=O)C(Cl)(Cl)Cl)C(Cl)(Cl)Cl. The molecule has 0 aliphatic carbocycles. The highest BCUT2D eigenvalue weighted by atomic mass is 35.6. The second kappa shape index (κ2) is 6.38. The van der Waals surface area contributed by atoms with Gasteiger partial charge in [-0.05, 0) is 0 Å². The molecule has 2 amide bonds. The second-order valence-electron chi connectivity index (χ2n) is 2.28. The Bertz CT molecular complexity index is 275. The van der Waals surface area contributed by atoms with Crippen LogP contribution in [0.25, 0.3) is 0 Å². The van der Waals surface area contributed by atoms with E-state index in [0.29, 0.717) is 0 Å². The van der Waals surface area contributed by atoms with Gasteiger partial charge in [-0.2, -0.15) is 0 Å². The van der Waals surface area contributed by atoms with Crippen molar-refractivity contribution in [1.29, 1.82) is 0 Å². The van der Waals surface area contributed by atoms with Crippen molar-refractivity contribution in [2.45, 2.75) is 7.59 Å². The van der Waals surface area contributed by atoms with E-state index < -0.39 is 19.4 Å². The van der Waals surface area contributed by atoms with Gasteiger partial charge in [0.15, 0.2) is 0 Å². The van der Waals surface area contributed by atoms with Gasteiger partial charge in [-0.1, -0.05) is 69.6 Å². The molecule has 4 nitrogen and oxygen atoms in total. The maximum absolute atomic E-state index is 11.0. The molecule has 0 atom stereocenters. The Labute approximate surface area is 121 Å². The number of nitrogens with one attached hydrogen (secondary N) is 2. The molecule has 0 radical (unpaired) electrons. The lowest BCUT2D eigenvalue weighted by Crippen LogP contribution is -2.33. The molecule has 0 aromatic rings. The van der Waals surface area contributed by atoms with Crippen LogP contribution in [0.2, 0.25) is 0 Å². The molecule has 16 heavy (non-hydrogen) atoms. The summed E-state index contributed by atoms with van der Waals surface area (Å²) in [5.41, 5.74) is 0. The highest BCUT2D eigenvalue weighted by molar-refractivity contribution is 6.76. The number of alkyl halides is 6. The molecule has 0 aliphatic rings. The quantitative estimate of drug-likeness (QED) is 0.753. The number of amides is 2. The van der Waals surface area contributed by atoms with Crippen LogP contribution < -0.4 is 10.6 Å². The van der Waals surface area contributed by atoms with E-state index >= 15 is 0 Å². The largest absolute Gasteiger partial charge is 0.327 e. The van der Waals surface area contributed by atoms with Crippen LogP contribution in [0, 0.1) is 0 Å². The summed E-state index contributed by atoms with van der Waals surface area (Å²) in [6, 6.07) is 0. The monoisotopic (exact) mass is 346 g/mol. The topological polar surface area (TPSA) is 58.2 Å². The Morgan fingerprint density at radius 2 is 1.00 bits per heavy atom. The zero-order chi connectivity index (χ0) is 13.0. The predicted octanol–water partition coefficient (Wildman–Crippen LogP) is 2.43. The molecule has 0 unspecified atom stereocenters. The molecule has 0 aromatic carbocycles. The minimum absolute atomic E-state index is 0.892. The van der Waals surface area contributed by atoms with Crippen LogP contribution in [-0.2, 0) is 9.59 Å². The van der Waals surface area contributed by atoms with Crippen LogP contribution in [0.1, 0.15) is 0 Å². The molecule has 92 valence electrons. The molecule has 10 heteroatoms. The molecular formula is C6H4Cl6N2O2. The van der Waals surface area contributed by atoms with Crippen LogP contribution >= 0.6 is 69.6 Å². The Kier molecular flexibility index (Phi) is 6.55. The Morgan fingerprint density at radius 1 is 0.750 bits per heavy atom. The average Bonchev–Trinajstić information content (AvgIpc) is 2.08. The highest BCUT2D eigenvalue weighted by Gasteiger charge is 2.30. The van der Waals surface area contributed by atoms with Crippen molar-refractivity contribution >= 4 is 81.4 Å². The third-order valence-corrected chi connectivity index (χ3v) is 2.06. The van der Waals surface area contributed by atoms with Gasteiger partial charge in [-0.15, -0.1) is 0 Å². The van der Waals surface area contributed by atoms with Gasteiger partial charge in [0, 0.05) is 12.4 Å². The van der Waals surface area contributed by atoms with Crippen molar-refractivity contribution in [2.24, 2.45) is 0 Å². The van der Waals surface area contributed by atoms with Gasteiger partial charge in [0.2, 0.25) is 0 Å². The van der Waals surface area contributed by atoms with E-state index in [-0.39, 0.29) is 0 Å². The van der Waals surface area contributed by atoms with Gasteiger partial charge in [0.25, 0.3) is 19.4 Å². The van der Waals surface area contributed by atoms with Gasteiger partial charge in [-0.25, -0.2) is 0 Å². The molecule has 0 fully saturated rings. The zero-order valence-corrected chi connectivity index (χ0v) is 11.8. The maximum atomic E-state index is 11.0. The van der Waals surface area contributed by atoms with E-state index in [9.17, 15) is 9.59 Å². The van der Waals surface area contributed by atoms with Gasteiger partial charge in [0.05, 0.1) is 0 Å². The number of hydrogen-bond acceptors (Lipinski definition) is 2. The lowest BCUT2D eigenvalue weighted by Gasteiger charge is -2.09. The molecular weight excluding hydrogens is 345 g/mol. The van der Waals surface area contributed by atoms with E-state index in [1.807, 2.05) is 0 Å². The molecule has 2 N–H and O–H groups in total. The van der Waals surface area contributed by atoms with Gasteiger partial charge in [0.1, 0.15) is 0 Å². The van der Waals surface area contributed by atoms with Gasteiger partial charge < -0.3 is 10.6 Å². The lowest BCUT2D eigenvalue weighted by atomic mass is 10.6. The van der Waals surface area contributed by atoms with Crippen LogP contribution in [0.4, 0.5) is 0 Å². The average molecular weight is 349 g/mol. The summed E-state index contributed by atoms with van der Waals surface area (Å²) in [5, 5.41) is 4.14. The summed E-state index contributed by atoms with van der Waals surface area (Å²) >= 11 is 31.4. The fourth-order valence-electron chi connectivity index (χ4n) is 0.398. The second-order valence-corrected chi connectivity index (χ2v) is 6.84. The van der Waals surface area contributed by atoms with Crippen molar-refractivity contribution in [2.75, 3.05) is 0 Å². The number of halogens is 6. The Morgan fingerprint density at radius 3 is 1.19 bits per heavy atom. The molecule has 0 rings (SSSR count). The summed E-state index contributed by atoms with van der Waals surface area (Å²) < 4.78 is -4.19. The molecule has 0 aliphatic heterocycles. The molecule has 0 saturated carbocycles. The number of carbonyl (C=O) groups is 2. The first kappa shape index (κ1) is 16.4. The van der Waals surface area contributed by atoms with Crippen LogP contribution in [0.5, 0.6) is 0 Å². The predicted molar refractivity (Wildman–Crippen MR) is 66.0 cm³/mol. The first-order valence-electron chi connectivity index (χ1n) is 3.45. The van der Waals surface area contributed by atoms with Crippen molar-refractivity contribution in [3.05, 3.63) is 12.4 Å². The third kappa shape index (κ3) is 6.89. The fraction of sp³-hybridized carbons (Fsp3) is 0.333. The number of rotatable bonds is 2. The van der Waals surface area contributed by atoms with Crippen molar-refractivity contribution < 1.29 is 9.59 Å². The minimum atomic E-state index is -2.09.